The summed E-state index contributed by atoms with van der Waals surface area (Å²) in [4.78, 5) is 2.39. The van der Waals surface area contributed by atoms with Crippen molar-refractivity contribution in [3.63, 3.8) is 0 Å². The minimum atomic E-state index is 0.258. The Hall–Kier alpha value is -1.06. The Morgan fingerprint density at radius 1 is 1.25 bits per heavy atom. The SMILES string of the molecule is COc1ccc(C(CN)N(C)C(C)CC(C)C)cc1C. The molecule has 2 unspecified atom stereocenters. The first-order valence-electron chi connectivity index (χ1n) is 7.47. The Balaban J connectivity index is 2.92. The quantitative estimate of drug-likeness (QED) is 0.831. The van der Waals surface area contributed by atoms with Gasteiger partial charge in [-0.3, -0.25) is 4.90 Å². The third kappa shape index (κ3) is 4.22. The third-order valence-electron chi connectivity index (χ3n) is 4.03. The van der Waals surface area contributed by atoms with Crippen LogP contribution in [-0.2, 0) is 0 Å². The smallest absolute Gasteiger partial charge is 0.121 e. The highest BCUT2D eigenvalue weighted by atomic mass is 16.5. The minimum Gasteiger partial charge on any atom is -0.496 e. The Bertz CT molecular complexity index is 417. The monoisotopic (exact) mass is 278 g/mol. The molecule has 20 heavy (non-hydrogen) atoms. The molecular weight excluding hydrogens is 248 g/mol. The second-order valence-corrected chi connectivity index (χ2v) is 6.12. The van der Waals surface area contributed by atoms with Gasteiger partial charge >= 0.3 is 0 Å². The van der Waals surface area contributed by atoms with Crippen molar-refractivity contribution in [1.29, 1.82) is 0 Å². The summed E-state index contributed by atoms with van der Waals surface area (Å²) in [6, 6.07) is 7.13. The lowest BCUT2D eigenvalue weighted by molar-refractivity contribution is 0.168. The van der Waals surface area contributed by atoms with Crippen LogP contribution in [-0.4, -0.2) is 31.6 Å². The molecule has 3 nitrogen and oxygen atoms in total. The molecule has 1 rings (SSSR count). The number of nitrogens with two attached hydrogens (primary N) is 1. The largest absolute Gasteiger partial charge is 0.496 e. The molecule has 0 aliphatic carbocycles. The number of likely N-dealkylation sites (N-methyl/N-ethyl adjacent to an activating group) is 1. The van der Waals surface area contributed by atoms with E-state index in [1.54, 1.807) is 7.11 Å². The summed E-state index contributed by atoms with van der Waals surface area (Å²) in [7, 11) is 3.88. The number of hydrogen-bond acceptors (Lipinski definition) is 3. The van der Waals surface area contributed by atoms with Crippen molar-refractivity contribution in [2.75, 3.05) is 20.7 Å². The van der Waals surface area contributed by atoms with E-state index < -0.39 is 0 Å². The van der Waals surface area contributed by atoms with E-state index in [9.17, 15) is 0 Å². The van der Waals surface area contributed by atoms with Gasteiger partial charge in [0.15, 0.2) is 0 Å². The standard InChI is InChI=1S/C17H30N2O/c1-12(2)9-14(4)19(5)16(11-18)15-7-8-17(20-6)13(3)10-15/h7-8,10,12,14,16H,9,11,18H2,1-6H3. The summed E-state index contributed by atoms with van der Waals surface area (Å²) in [6.07, 6.45) is 1.18. The Morgan fingerprint density at radius 2 is 1.90 bits per heavy atom. The van der Waals surface area contributed by atoms with Crippen molar-refractivity contribution < 1.29 is 4.74 Å². The number of benzene rings is 1. The summed E-state index contributed by atoms with van der Waals surface area (Å²) in [5, 5.41) is 0. The van der Waals surface area contributed by atoms with Crippen LogP contribution in [0.4, 0.5) is 0 Å². The number of aryl methyl sites for hydroxylation is 1. The lowest BCUT2D eigenvalue weighted by atomic mass is 9.98. The predicted molar refractivity (Wildman–Crippen MR) is 86.2 cm³/mol. The molecule has 3 heteroatoms. The second kappa shape index (κ2) is 7.65. The van der Waals surface area contributed by atoms with Crippen LogP contribution in [0.1, 0.15) is 44.4 Å². The van der Waals surface area contributed by atoms with Gasteiger partial charge in [0.25, 0.3) is 0 Å². The summed E-state index contributed by atoms with van der Waals surface area (Å²) in [6.45, 7) is 9.51. The normalized spacial score (nSPS) is 14.7. The zero-order valence-corrected chi connectivity index (χ0v) is 13.8. The van der Waals surface area contributed by atoms with E-state index in [4.69, 9.17) is 10.5 Å². The molecule has 0 saturated carbocycles. The zero-order chi connectivity index (χ0) is 15.3. The fraction of sp³-hybridized carbons (Fsp3) is 0.647. The molecule has 2 N–H and O–H groups in total. The van der Waals surface area contributed by atoms with E-state index in [0.29, 0.717) is 18.5 Å². The lowest BCUT2D eigenvalue weighted by Gasteiger charge is -2.34. The maximum Gasteiger partial charge on any atom is 0.121 e. The van der Waals surface area contributed by atoms with Gasteiger partial charge in [0, 0.05) is 18.6 Å². The molecule has 0 saturated heterocycles. The highest BCUT2D eigenvalue weighted by Crippen LogP contribution is 2.27. The van der Waals surface area contributed by atoms with Gasteiger partial charge in [-0.05, 0) is 50.4 Å². The lowest BCUT2D eigenvalue weighted by Crippen LogP contribution is -2.37. The summed E-state index contributed by atoms with van der Waals surface area (Å²) in [5.74, 6) is 1.63. The average molecular weight is 278 g/mol. The van der Waals surface area contributed by atoms with Crippen molar-refractivity contribution >= 4 is 0 Å². The molecule has 2 atom stereocenters. The predicted octanol–water partition coefficient (Wildman–Crippen LogP) is 3.37. The highest BCUT2D eigenvalue weighted by Gasteiger charge is 2.21. The number of nitrogens with zero attached hydrogens (tertiary/aromatic N) is 1. The van der Waals surface area contributed by atoms with Crippen LogP contribution in [0.5, 0.6) is 5.75 Å². The summed E-state index contributed by atoms with van der Waals surface area (Å²) < 4.78 is 5.33. The van der Waals surface area contributed by atoms with Crippen LogP contribution < -0.4 is 10.5 Å². The van der Waals surface area contributed by atoms with E-state index in [0.717, 1.165) is 11.3 Å². The topological polar surface area (TPSA) is 38.5 Å². The molecular formula is C17H30N2O. The van der Waals surface area contributed by atoms with Gasteiger partial charge in [-0.25, -0.2) is 0 Å². The second-order valence-electron chi connectivity index (χ2n) is 6.12. The molecule has 114 valence electrons. The Kier molecular flexibility index (Phi) is 6.50. The van der Waals surface area contributed by atoms with Crippen molar-refractivity contribution in [3.05, 3.63) is 29.3 Å². The van der Waals surface area contributed by atoms with Crippen molar-refractivity contribution in [3.8, 4) is 5.75 Å². The molecule has 0 aliphatic rings. The van der Waals surface area contributed by atoms with Gasteiger partial charge < -0.3 is 10.5 Å². The molecule has 1 aromatic carbocycles. The van der Waals surface area contributed by atoms with E-state index in [-0.39, 0.29) is 6.04 Å². The Morgan fingerprint density at radius 3 is 2.35 bits per heavy atom. The maximum absolute atomic E-state index is 6.02. The van der Waals surface area contributed by atoms with E-state index >= 15 is 0 Å². The zero-order valence-electron chi connectivity index (χ0n) is 13.8. The fourth-order valence-electron chi connectivity index (χ4n) is 2.80. The Labute approximate surface area is 124 Å². The summed E-state index contributed by atoms with van der Waals surface area (Å²) in [5.41, 5.74) is 8.45. The van der Waals surface area contributed by atoms with Crippen molar-refractivity contribution in [1.82, 2.24) is 4.90 Å². The average Bonchev–Trinajstić information content (AvgIpc) is 2.38. The molecule has 0 aromatic heterocycles. The highest BCUT2D eigenvalue weighted by molar-refractivity contribution is 5.37. The molecule has 0 radical (unpaired) electrons. The van der Waals surface area contributed by atoms with Crippen LogP contribution in [0.2, 0.25) is 0 Å². The number of ether oxygens (including phenoxy) is 1. The number of rotatable bonds is 7. The van der Waals surface area contributed by atoms with Crippen LogP contribution in [0.3, 0.4) is 0 Å². The van der Waals surface area contributed by atoms with Gasteiger partial charge in [-0.1, -0.05) is 26.0 Å². The van der Waals surface area contributed by atoms with Crippen LogP contribution >= 0.6 is 0 Å². The van der Waals surface area contributed by atoms with Crippen LogP contribution in [0.15, 0.2) is 18.2 Å². The number of hydrogen-bond donors (Lipinski definition) is 1. The van der Waals surface area contributed by atoms with Gasteiger partial charge in [0.1, 0.15) is 5.75 Å². The van der Waals surface area contributed by atoms with Gasteiger partial charge in [-0.2, -0.15) is 0 Å². The maximum atomic E-state index is 6.02. The van der Waals surface area contributed by atoms with Gasteiger partial charge in [0.2, 0.25) is 0 Å². The first kappa shape index (κ1) is 17.0. The summed E-state index contributed by atoms with van der Waals surface area (Å²) >= 11 is 0. The van der Waals surface area contributed by atoms with E-state index in [1.165, 1.54) is 12.0 Å². The molecule has 0 spiro atoms. The number of methoxy groups -OCH3 is 1. The molecule has 0 aliphatic heterocycles. The van der Waals surface area contributed by atoms with Crippen LogP contribution in [0, 0.1) is 12.8 Å². The molecule has 0 amide bonds. The third-order valence-corrected chi connectivity index (χ3v) is 4.03. The van der Waals surface area contributed by atoms with Crippen LogP contribution in [0.25, 0.3) is 0 Å². The first-order chi connectivity index (χ1) is 9.40. The van der Waals surface area contributed by atoms with Gasteiger partial charge in [-0.15, -0.1) is 0 Å². The molecule has 1 aromatic rings. The molecule has 0 fully saturated rings. The molecule has 0 bridgehead atoms. The minimum absolute atomic E-state index is 0.258. The first-order valence-corrected chi connectivity index (χ1v) is 7.47. The van der Waals surface area contributed by atoms with E-state index in [1.807, 2.05) is 6.07 Å². The van der Waals surface area contributed by atoms with Crippen molar-refractivity contribution in [2.45, 2.75) is 46.2 Å². The van der Waals surface area contributed by atoms with Crippen molar-refractivity contribution in [2.24, 2.45) is 11.7 Å². The van der Waals surface area contributed by atoms with Gasteiger partial charge in [0.05, 0.1) is 7.11 Å². The van der Waals surface area contributed by atoms with E-state index in [2.05, 4.69) is 51.8 Å². The fourth-order valence-corrected chi connectivity index (χ4v) is 2.80. The molecule has 0 heterocycles.